The van der Waals surface area contributed by atoms with Crippen LogP contribution in [0.15, 0.2) is 28.8 Å². The Morgan fingerprint density at radius 3 is 2.42 bits per heavy atom. The topological polar surface area (TPSA) is 36.1 Å². The monoisotopic (exact) mass is 226 g/mol. The summed E-state index contributed by atoms with van der Waals surface area (Å²) in [6.07, 6.45) is 1.57. The number of halogens is 1. The van der Waals surface area contributed by atoms with Crippen LogP contribution in [0.1, 0.15) is 13.8 Å². The third-order valence-corrected chi connectivity index (χ3v) is 1.53. The van der Waals surface area contributed by atoms with Gasteiger partial charge in [0.15, 0.2) is 0 Å². The molecule has 0 aromatic carbocycles. The van der Waals surface area contributed by atoms with Gasteiger partial charge in [-0.15, -0.1) is 0 Å². The van der Waals surface area contributed by atoms with Crippen LogP contribution in [0.3, 0.4) is 0 Å². The van der Waals surface area contributed by atoms with E-state index in [1.165, 1.54) is 0 Å². The highest BCUT2D eigenvalue weighted by Crippen LogP contribution is 2.19. The van der Waals surface area contributed by atoms with E-state index in [0.29, 0.717) is 10.3 Å². The van der Waals surface area contributed by atoms with Gasteiger partial charge in [0.25, 0.3) is 0 Å². The van der Waals surface area contributed by atoms with Crippen molar-refractivity contribution in [2.75, 3.05) is 0 Å². The highest BCUT2D eigenvalue weighted by Gasteiger charge is 2.21. The van der Waals surface area contributed by atoms with E-state index in [1.54, 1.807) is 19.9 Å². The molecule has 0 atom stereocenters. The van der Waals surface area contributed by atoms with Crippen molar-refractivity contribution in [3.05, 3.63) is 23.8 Å². The number of allylic oxidation sites excluding steroid dienone is 1. The van der Waals surface area contributed by atoms with Crippen molar-refractivity contribution < 1.29 is 0 Å². The summed E-state index contributed by atoms with van der Waals surface area (Å²) in [5.41, 5.74) is 0.00484. The Bertz CT molecular complexity index is 269. The Morgan fingerprint density at radius 2 is 2.17 bits per heavy atom. The Hall–Kier alpha value is -0.880. The molecule has 0 aromatic heterocycles. The number of nitrogens with zero attached hydrogens (tertiary/aromatic N) is 2. The van der Waals surface area contributed by atoms with E-state index in [9.17, 15) is 0 Å². The van der Waals surface area contributed by atoms with E-state index < -0.39 is 5.41 Å². The van der Waals surface area contributed by atoms with Crippen LogP contribution in [0, 0.1) is 16.7 Å². The minimum Gasteiger partial charge on any atom is -0.245 e. The fourth-order valence-electron chi connectivity index (χ4n) is 0.629. The molecule has 0 saturated carbocycles. The molecule has 0 rings (SSSR count). The molecule has 0 aliphatic heterocycles. The zero-order valence-corrected chi connectivity index (χ0v) is 8.85. The van der Waals surface area contributed by atoms with Gasteiger partial charge in [0.1, 0.15) is 0 Å². The zero-order valence-electron chi connectivity index (χ0n) is 7.26. The molecule has 0 fully saturated rings. The summed E-state index contributed by atoms with van der Waals surface area (Å²) < 4.78 is 0.501. The van der Waals surface area contributed by atoms with Crippen molar-refractivity contribution in [3.8, 4) is 6.07 Å². The maximum Gasteiger partial charge on any atom is 0.0988 e. The first kappa shape index (κ1) is 11.1. The summed E-state index contributed by atoms with van der Waals surface area (Å²) in [4.78, 5) is 4.04. The predicted octanol–water partition coefficient (Wildman–Crippen LogP) is 3.03. The van der Waals surface area contributed by atoms with E-state index in [4.69, 9.17) is 5.26 Å². The molecule has 0 radical (unpaired) electrons. The van der Waals surface area contributed by atoms with Gasteiger partial charge in [0, 0.05) is 0 Å². The van der Waals surface area contributed by atoms with Gasteiger partial charge in [0.2, 0.25) is 0 Å². The summed E-state index contributed by atoms with van der Waals surface area (Å²) in [7, 11) is 0. The van der Waals surface area contributed by atoms with Gasteiger partial charge in [-0.05, 0) is 35.9 Å². The lowest BCUT2D eigenvalue weighted by atomic mass is 9.89. The lowest BCUT2D eigenvalue weighted by molar-refractivity contribution is 0.697. The highest BCUT2D eigenvalue weighted by atomic mass is 79.9. The Morgan fingerprint density at radius 1 is 1.67 bits per heavy atom. The third-order valence-electron chi connectivity index (χ3n) is 1.35. The second-order valence-electron chi connectivity index (χ2n) is 2.81. The Balaban J connectivity index is 4.95. The van der Waals surface area contributed by atoms with Gasteiger partial charge >= 0.3 is 0 Å². The fraction of sp³-hybridized carbons (Fsp3) is 0.333. The van der Waals surface area contributed by atoms with E-state index in [-0.39, 0.29) is 0 Å². The first-order chi connectivity index (χ1) is 5.44. The molecule has 0 aliphatic carbocycles. The quantitative estimate of drug-likeness (QED) is 0.539. The molecule has 0 aliphatic rings. The maximum absolute atomic E-state index is 8.78. The van der Waals surface area contributed by atoms with Crippen molar-refractivity contribution in [1.29, 1.82) is 5.26 Å². The van der Waals surface area contributed by atoms with Crippen molar-refractivity contribution in [2.45, 2.75) is 13.8 Å². The van der Waals surface area contributed by atoms with Crippen LogP contribution < -0.4 is 0 Å². The molecule has 0 aromatic rings. The number of hydrogen-bond acceptors (Lipinski definition) is 2. The average Bonchev–Trinajstić information content (AvgIpc) is 1.99. The smallest absolute Gasteiger partial charge is 0.0988 e. The van der Waals surface area contributed by atoms with E-state index in [0.717, 1.165) is 0 Å². The SMILES string of the molecule is C=CC(=NC(=C)Br)C(C)(C)C#N. The van der Waals surface area contributed by atoms with Gasteiger partial charge in [-0.2, -0.15) is 5.26 Å². The summed E-state index contributed by atoms with van der Waals surface area (Å²) in [5, 5.41) is 8.78. The molecule has 0 heterocycles. The Kier molecular flexibility index (Phi) is 3.91. The fourth-order valence-corrected chi connectivity index (χ4v) is 0.820. The molecule has 12 heavy (non-hydrogen) atoms. The lowest BCUT2D eigenvalue weighted by Crippen LogP contribution is -2.19. The molecular formula is C9H11BrN2. The van der Waals surface area contributed by atoms with Crippen LogP contribution >= 0.6 is 15.9 Å². The predicted molar refractivity (Wildman–Crippen MR) is 55.1 cm³/mol. The van der Waals surface area contributed by atoms with Gasteiger partial charge in [-0.1, -0.05) is 13.2 Å². The second kappa shape index (κ2) is 4.22. The molecule has 0 saturated heterocycles. The van der Waals surface area contributed by atoms with Crippen LogP contribution in [0.2, 0.25) is 0 Å². The molecule has 0 N–H and O–H groups in total. The number of nitriles is 1. The minimum absolute atomic E-state index is 0.501. The van der Waals surface area contributed by atoms with E-state index in [1.807, 2.05) is 0 Å². The number of hydrogen-bond donors (Lipinski definition) is 0. The third kappa shape index (κ3) is 3.02. The molecule has 0 amide bonds. The van der Waals surface area contributed by atoms with Crippen molar-refractivity contribution in [2.24, 2.45) is 10.4 Å². The molecule has 0 unspecified atom stereocenters. The lowest BCUT2D eigenvalue weighted by Gasteiger charge is -2.14. The molecule has 64 valence electrons. The van der Waals surface area contributed by atoms with Gasteiger partial charge < -0.3 is 0 Å². The van der Waals surface area contributed by atoms with E-state index in [2.05, 4.69) is 40.1 Å². The minimum atomic E-state index is -0.613. The molecule has 0 spiro atoms. The van der Waals surface area contributed by atoms with Gasteiger partial charge in [0.05, 0.1) is 21.8 Å². The molecule has 2 nitrogen and oxygen atoms in total. The average molecular weight is 227 g/mol. The van der Waals surface area contributed by atoms with Crippen molar-refractivity contribution in [1.82, 2.24) is 0 Å². The summed E-state index contributed by atoms with van der Waals surface area (Å²) in [6, 6.07) is 2.13. The second-order valence-corrected chi connectivity index (χ2v) is 3.73. The first-order valence-electron chi connectivity index (χ1n) is 3.41. The summed E-state index contributed by atoms with van der Waals surface area (Å²) in [6.45, 7) is 10.7. The van der Waals surface area contributed by atoms with E-state index >= 15 is 0 Å². The number of rotatable bonds is 3. The van der Waals surface area contributed by atoms with Crippen molar-refractivity contribution in [3.63, 3.8) is 0 Å². The normalized spacial score (nSPS) is 12.0. The zero-order chi connectivity index (χ0) is 9.78. The maximum atomic E-state index is 8.78. The number of aliphatic imine (C=N–C) groups is 1. The van der Waals surface area contributed by atoms with Crippen LogP contribution in [-0.4, -0.2) is 5.71 Å². The molecule has 3 heteroatoms. The van der Waals surface area contributed by atoms with Crippen LogP contribution in [-0.2, 0) is 0 Å². The molecule has 0 bridgehead atoms. The Labute approximate surface area is 81.4 Å². The van der Waals surface area contributed by atoms with Gasteiger partial charge in [-0.25, -0.2) is 4.99 Å². The van der Waals surface area contributed by atoms with Crippen LogP contribution in [0.4, 0.5) is 0 Å². The first-order valence-corrected chi connectivity index (χ1v) is 4.20. The highest BCUT2D eigenvalue weighted by molar-refractivity contribution is 9.11. The summed E-state index contributed by atoms with van der Waals surface area (Å²) in [5.74, 6) is 0. The molecular weight excluding hydrogens is 216 g/mol. The van der Waals surface area contributed by atoms with Crippen LogP contribution in [0.5, 0.6) is 0 Å². The summed E-state index contributed by atoms with van der Waals surface area (Å²) >= 11 is 3.10. The van der Waals surface area contributed by atoms with Gasteiger partial charge in [-0.3, -0.25) is 0 Å². The van der Waals surface area contributed by atoms with Crippen LogP contribution in [0.25, 0.3) is 0 Å². The standard InChI is InChI=1S/C9H11BrN2/c1-5-8(12-7(2)10)9(3,4)6-11/h5H,1-2H2,3-4H3. The largest absolute Gasteiger partial charge is 0.245 e. The van der Waals surface area contributed by atoms with Crippen molar-refractivity contribution >= 4 is 21.6 Å².